The molecule has 2 N–H and O–H groups in total. The Balaban J connectivity index is 2.00. The molecule has 0 saturated carbocycles. The quantitative estimate of drug-likeness (QED) is 0.141. The minimum absolute atomic E-state index is 0.0577. The first-order valence-corrected chi connectivity index (χ1v) is 11.7. The van der Waals surface area contributed by atoms with E-state index in [-0.39, 0.29) is 25.4 Å². The molecule has 2 unspecified atom stereocenters. The smallest absolute Gasteiger partial charge is 0.317 e. The molecule has 8 heteroatoms. The van der Waals surface area contributed by atoms with E-state index in [0.29, 0.717) is 18.7 Å². The third-order valence-corrected chi connectivity index (χ3v) is 5.96. The first kappa shape index (κ1) is 26.7. The van der Waals surface area contributed by atoms with E-state index >= 15 is 0 Å². The SMILES string of the molecule is CCOC(=O)C(C(=O)/C(C)=C\NCCN1CCN(CCO)CC1)C(CC=O)c1ccccc1. The third-order valence-electron chi connectivity index (χ3n) is 5.96. The molecule has 1 aliphatic rings. The summed E-state index contributed by atoms with van der Waals surface area (Å²) < 4.78 is 5.21. The van der Waals surface area contributed by atoms with Gasteiger partial charge in [-0.15, -0.1) is 0 Å². The highest BCUT2D eigenvalue weighted by atomic mass is 16.5. The van der Waals surface area contributed by atoms with E-state index in [1.54, 1.807) is 20.0 Å². The second-order valence-corrected chi connectivity index (χ2v) is 8.20. The standard InChI is InChI=1S/C25H37N3O5/c1-3-33-25(32)23(22(9-17-29)21-7-5-4-6-8-21)24(31)20(2)19-26-10-11-27-12-14-28(15-13-27)16-18-30/h4-8,17,19,22-23,26,30H,3,9-16,18H2,1-2H3/b20-19-. The van der Waals surface area contributed by atoms with E-state index in [0.717, 1.165) is 44.6 Å². The molecule has 0 amide bonds. The minimum atomic E-state index is -1.07. The molecule has 0 spiro atoms. The molecule has 1 saturated heterocycles. The van der Waals surface area contributed by atoms with Gasteiger partial charge in [0.25, 0.3) is 0 Å². The summed E-state index contributed by atoms with van der Waals surface area (Å²) in [5.74, 6) is -2.59. The molecule has 1 heterocycles. The van der Waals surface area contributed by atoms with E-state index in [1.165, 1.54) is 0 Å². The summed E-state index contributed by atoms with van der Waals surface area (Å²) in [6.45, 7) is 9.71. The first-order chi connectivity index (χ1) is 16.0. The topological polar surface area (TPSA) is 99.2 Å². The molecular weight excluding hydrogens is 422 g/mol. The van der Waals surface area contributed by atoms with Gasteiger partial charge in [-0.3, -0.25) is 19.4 Å². The maximum atomic E-state index is 13.3. The number of nitrogens with zero attached hydrogens (tertiary/aromatic N) is 2. The molecule has 0 aromatic heterocycles. The van der Waals surface area contributed by atoms with Gasteiger partial charge in [-0.05, 0) is 19.4 Å². The minimum Gasteiger partial charge on any atom is -0.465 e. The fraction of sp³-hybridized carbons (Fsp3) is 0.560. The Morgan fingerprint density at radius 3 is 2.33 bits per heavy atom. The van der Waals surface area contributed by atoms with Crippen LogP contribution in [-0.2, 0) is 19.1 Å². The molecule has 0 radical (unpaired) electrons. The highest BCUT2D eigenvalue weighted by molar-refractivity contribution is 6.08. The molecule has 1 fully saturated rings. The molecule has 0 bridgehead atoms. The normalized spacial score (nSPS) is 17.2. The van der Waals surface area contributed by atoms with Gasteiger partial charge in [0.15, 0.2) is 5.78 Å². The molecule has 8 nitrogen and oxygen atoms in total. The fourth-order valence-corrected chi connectivity index (χ4v) is 4.10. The maximum absolute atomic E-state index is 13.3. The van der Waals surface area contributed by atoms with Crippen molar-refractivity contribution in [3.8, 4) is 0 Å². The maximum Gasteiger partial charge on any atom is 0.317 e. The number of carbonyl (C=O) groups is 3. The molecule has 2 rings (SSSR count). The predicted octanol–water partition coefficient (Wildman–Crippen LogP) is 1.21. The van der Waals surface area contributed by atoms with Crippen LogP contribution in [0.5, 0.6) is 0 Å². The lowest BCUT2D eigenvalue weighted by atomic mass is 9.79. The Bertz CT molecular complexity index is 776. The van der Waals surface area contributed by atoms with Crippen LogP contribution in [0.4, 0.5) is 0 Å². The molecule has 33 heavy (non-hydrogen) atoms. The monoisotopic (exact) mass is 459 g/mol. The van der Waals surface area contributed by atoms with Crippen LogP contribution >= 0.6 is 0 Å². The number of hydrogen-bond donors (Lipinski definition) is 2. The van der Waals surface area contributed by atoms with Gasteiger partial charge in [0.05, 0.1) is 13.2 Å². The summed E-state index contributed by atoms with van der Waals surface area (Å²) in [6.07, 6.45) is 2.45. The number of aldehydes is 1. The van der Waals surface area contributed by atoms with E-state index < -0.39 is 17.8 Å². The number of β-amino-alcohol motifs (C(OH)–C–C–N with tert-alkyl or cyclic N) is 1. The number of benzene rings is 1. The number of aliphatic hydroxyl groups is 1. The average Bonchev–Trinajstić information content (AvgIpc) is 2.83. The van der Waals surface area contributed by atoms with Crippen molar-refractivity contribution in [1.29, 1.82) is 0 Å². The van der Waals surface area contributed by atoms with E-state index in [4.69, 9.17) is 9.84 Å². The van der Waals surface area contributed by atoms with Gasteiger partial charge in [0.1, 0.15) is 12.2 Å². The Kier molecular flexibility index (Phi) is 11.8. The fourth-order valence-electron chi connectivity index (χ4n) is 4.10. The third kappa shape index (κ3) is 8.38. The van der Waals surface area contributed by atoms with E-state index in [2.05, 4.69) is 15.1 Å². The summed E-state index contributed by atoms with van der Waals surface area (Å²) in [7, 11) is 0. The summed E-state index contributed by atoms with van der Waals surface area (Å²) >= 11 is 0. The Hall–Kier alpha value is -2.55. The zero-order chi connectivity index (χ0) is 24.1. The number of piperazine rings is 1. The van der Waals surface area contributed by atoms with Crippen molar-refractivity contribution in [3.05, 3.63) is 47.7 Å². The van der Waals surface area contributed by atoms with Crippen LogP contribution in [0, 0.1) is 5.92 Å². The molecular formula is C25H37N3O5. The summed E-state index contributed by atoms with van der Waals surface area (Å²) in [4.78, 5) is 42.0. The average molecular weight is 460 g/mol. The van der Waals surface area contributed by atoms with Crippen LogP contribution < -0.4 is 5.32 Å². The summed E-state index contributed by atoms with van der Waals surface area (Å²) in [6, 6.07) is 9.15. The van der Waals surface area contributed by atoms with Crippen LogP contribution in [0.2, 0.25) is 0 Å². The number of carbonyl (C=O) groups excluding carboxylic acids is 3. The van der Waals surface area contributed by atoms with Crippen molar-refractivity contribution in [3.63, 3.8) is 0 Å². The number of ether oxygens (including phenoxy) is 1. The van der Waals surface area contributed by atoms with Crippen molar-refractivity contribution in [2.45, 2.75) is 26.2 Å². The van der Waals surface area contributed by atoms with Gasteiger partial charge in [0.2, 0.25) is 0 Å². The van der Waals surface area contributed by atoms with Gasteiger partial charge < -0.3 is 20.0 Å². The van der Waals surface area contributed by atoms with E-state index in [9.17, 15) is 14.4 Å². The van der Waals surface area contributed by atoms with Crippen molar-refractivity contribution in [2.24, 2.45) is 5.92 Å². The Morgan fingerprint density at radius 2 is 1.76 bits per heavy atom. The highest BCUT2D eigenvalue weighted by Gasteiger charge is 2.37. The first-order valence-electron chi connectivity index (χ1n) is 11.7. The second kappa shape index (κ2) is 14.6. The number of rotatable bonds is 14. The van der Waals surface area contributed by atoms with Gasteiger partial charge in [-0.25, -0.2) is 0 Å². The predicted molar refractivity (Wildman–Crippen MR) is 127 cm³/mol. The molecule has 182 valence electrons. The van der Waals surface area contributed by atoms with Gasteiger partial charge in [-0.1, -0.05) is 30.3 Å². The Labute approximate surface area is 196 Å². The summed E-state index contributed by atoms with van der Waals surface area (Å²) in [5, 5.41) is 12.2. The van der Waals surface area contributed by atoms with Crippen LogP contribution in [0.25, 0.3) is 0 Å². The van der Waals surface area contributed by atoms with Gasteiger partial charge in [0, 0.05) is 69.9 Å². The summed E-state index contributed by atoms with van der Waals surface area (Å²) in [5.41, 5.74) is 1.18. The second-order valence-electron chi connectivity index (χ2n) is 8.20. The molecule has 1 aliphatic heterocycles. The van der Waals surface area contributed by atoms with E-state index in [1.807, 2.05) is 30.3 Å². The van der Waals surface area contributed by atoms with Crippen LogP contribution in [-0.4, -0.2) is 92.0 Å². The molecule has 1 aromatic carbocycles. The number of esters is 1. The molecule has 1 aromatic rings. The van der Waals surface area contributed by atoms with Crippen molar-refractivity contribution in [2.75, 3.05) is 59.0 Å². The largest absolute Gasteiger partial charge is 0.465 e. The van der Waals surface area contributed by atoms with Crippen LogP contribution in [0.15, 0.2) is 42.1 Å². The van der Waals surface area contributed by atoms with Crippen LogP contribution in [0.1, 0.15) is 31.7 Å². The highest BCUT2D eigenvalue weighted by Crippen LogP contribution is 2.31. The van der Waals surface area contributed by atoms with Crippen LogP contribution in [0.3, 0.4) is 0 Å². The molecule has 2 atom stereocenters. The Morgan fingerprint density at radius 1 is 1.12 bits per heavy atom. The number of Topliss-reactive ketones (excluding diaryl/α,β-unsaturated/α-hetero) is 1. The lowest BCUT2D eigenvalue weighted by Gasteiger charge is -2.34. The number of aliphatic hydroxyl groups excluding tert-OH is 1. The van der Waals surface area contributed by atoms with Crippen molar-refractivity contribution < 1.29 is 24.2 Å². The number of allylic oxidation sites excluding steroid dienone is 1. The zero-order valence-electron chi connectivity index (χ0n) is 19.7. The molecule has 0 aliphatic carbocycles. The van der Waals surface area contributed by atoms with Crippen molar-refractivity contribution >= 4 is 18.0 Å². The number of ketones is 1. The lowest BCUT2D eigenvalue weighted by Crippen LogP contribution is -2.48. The number of nitrogens with one attached hydrogen (secondary N) is 1. The van der Waals surface area contributed by atoms with Gasteiger partial charge >= 0.3 is 5.97 Å². The van der Waals surface area contributed by atoms with Crippen molar-refractivity contribution in [1.82, 2.24) is 15.1 Å². The lowest BCUT2D eigenvalue weighted by molar-refractivity contribution is -0.151. The number of hydrogen-bond acceptors (Lipinski definition) is 8. The van der Waals surface area contributed by atoms with Gasteiger partial charge in [-0.2, -0.15) is 0 Å². The zero-order valence-corrected chi connectivity index (χ0v) is 19.7.